The summed E-state index contributed by atoms with van der Waals surface area (Å²) in [6, 6.07) is 4.77. The summed E-state index contributed by atoms with van der Waals surface area (Å²) in [7, 11) is 1.69. The molecular formula is C13H10F3N5. The van der Waals surface area contributed by atoms with Crippen molar-refractivity contribution in [1.82, 2.24) is 19.6 Å². The van der Waals surface area contributed by atoms with Gasteiger partial charge in [0.05, 0.1) is 5.56 Å². The molecule has 108 valence electrons. The molecule has 0 aliphatic heterocycles. The standard InChI is InChI=1S/C13H10F3N5/c1-17-10-12-18-6-7-21(12)11(20-19-10)8-2-4-9(5-3-8)13(14,15)16/h2-7H,1H3,(H,17,19). The van der Waals surface area contributed by atoms with Gasteiger partial charge in [-0.3, -0.25) is 4.40 Å². The van der Waals surface area contributed by atoms with Crippen molar-refractivity contribution in [3.05, 3.63) is 42.2 Å². The average Bonchev–Trinajstić information content (AvgIpc) is 2.95. The van der Waals surface area contributed by atoms with E-state index in [1.54, 1.807) is 23.8 Å². The first kappa shape index (κ1) is 13.3. The SMILES string of the molecule is CNc1nnc(-c2ccc(C(F)(F)F)cc2)n2ccnc12. The normalized spacial score (nSPS) is 11.8. The topological polar surface area (TPSA) is 55.1 Å². The van der Waals surface area contributed by atoms with Gasteiger partial charge in [-0.2, -0.15) is 13.2 Å². The van der Waals surface area contributed by atoms with Gasteiger partial charge in [0, 0.05) is 25.0 Å². The van der Waals surface area contributed by atoms with Crippen molar-refractivity contribution in [2.24, 2.45) is 0 Å². The van der Waals surface area contributed by atoms with Crippen LogP contribution in [0.25, 0.3) is 17.0 Å². The molecule has 5 nitrogen and oxygen atoms in total. The minimum absolute atomic E-state index is 0.426. The van der Waals surface area contributed by atoms with Crippen LogP contribution in [0, 0.1) is 0 Å². The number of benzene rings is 1. The van der Waals surface area contributed by atoms with Crippen molar-refractivity contribution >= 4 is 11.5 Å². The quantitative estimate of drug-likeness (QED) is 0.789. The maximum Gasteiger partial charge on any atom is 0.416 e. The van der Waals surface area contributed by atoms with E-state index in [-0.39, 0.29) is 0 Å². The molecule has 3 aromatic rings. The zero-order valence-electron chi connectivity index (χ0n) is 10.9. The molecule has 2 heterocycles. The Balaban J connectivity index is 2.11. The van der Waals surface area contributed by atoms with E-state index in [1.807, 2.05) is 0 Å². The first-order valence-electron chi connectivity index (χ1n) is 6.06. The predicted molar refractivity (Wildman–Crippen MR) is 70.8 cm³/mol. The summed E-state index contributed by atoms with van der Waals surface area (Å²) in [5.74, 6) is 0.922. The highest BCUT2D eigenvalue weighted by molar-refractivity contribution is 5.67. The highest BCUT2D eigenvalue weighted by Crippen LogP contribution is 2.30. The molecule has 0 aliphatic rings. The molecule has 0 unspecified atom stereocenters. The summed E-state index contributed by atoms with van der Waals surface area (Å²) < 4.78 is 39.4. The third-order valence-corrected chi connectivity index (χ3v) is 3.03. The van der Waals surface area contributed by atoms with Crippen LogP contribution in [0.1, 0.15) is 5.56 Å². The Morgan fingerprint density at radius 1 is 1.10 bits per heavy atom. The highest BCUT2D eigenvalue weighted by atomic mass is 19.4. The Hall–Kier alpha value is -2.64. The molecule has 0 fully saturated rings. The van der Waals surface area contributed by atoms with Crippen LogP contribution in [0.15, 0.2) is 36.7 Å². The van der Waals surface area contributed by atoms with Crippen LogP contribution in [0.4, 0.5) is 19.0 Å². The molecule has 8 heteroatoms. The fourth-order valence-corrected chi connectivity index (χ4v) is 2.01. The number of rotatable bonds is 2. The lowest BCUT2D eigenvalue weighted by molar-refractivity contribution is -0.137. The van der Waals surface area contributed by atoms with E-state index < -0.39 is 11.7 Å². The Morgan fingerprint density at radius 2 is 1.81 bits per heavy atom. The van der Waals surface area contributed by atoms with E-state index in [0.29, 0.717) is 22.9 Å². The number of anilines is 1. The van der Waals surface area contributed by atoms with Gasteiger partial charge < -0.3 is 5.32 Å². The second kappa shape index (κ2) is 4.72. The van der Waals surface area contributed by atoms with Gasteiger partial charge in [0.2, 0.25) is 0 Å². The van der Waals surface area contributed by atoms with Crippen LogP contribution < -0.4 is 5.32 Å². The molecule has 0 radical (unpaired) electrons. The number of fused-ring (bicyclic) bond motifs is 1. The molecule has 2 aromatic heterocycles. The minimum atomic E-state index is -4.36. The average molecular weight is 293 g/mol. The predicted octanol–water partition coefficient (Wildman–Crippen LogP) is 2.85. The van der Waals surface area contributed by atoms with Gasteiger partial charge in [0.25, 0.3) is 0 Å². The molecule has 1 aromatic carbocycles. The Kier molecular flexibility index (Phi) is 3.00. The molecule has 0 amide bonds. The van der Waals surface area contributed by atoms with Crippen LogP contribution in [-0.2, 0) is 6.18 Å². The molecule has 0 bridgehead atoms. The Bertz CT molecular complexity index is 777. The Labute approximate surface area is 117 Å². The second-order valence-corrected chi connectivity index (χ2v) is 4.32. The van der Waals surface area contributed by atoms with Crippen molar-refractivity contribution in [2.45, 2.75) is 6.18 Å². The molecule has 0 saturated carbocycles. The summed E-state index contributed by atoms with van der Waals surface area (Å²) in [5, 5.41) is 10.9. The van der Waals surface area contributed by atoms with E-state index in [0.717, 1.165) is 12.1 Å². The van der Waals surface area contributed by atoms with Crippen molar-refractivity contribution in [1.29, 1.82) is 0 Å². The maximum atomic E-state index is 12.6. The molecule has 0 spiro atoms. The number of halogens is 3. The number of nitrogens with one attached hydrogen (secondary N) is 1. The van der Waals surface area contributed by atoms with Gasteiger partial charge >= 0.3 is 6.18 Å². The minimum Gasteiger partial charge on any atom is -0.369 e. The van der Waals surface area contributed by atoms with Gasteiger partial charge in [-0.05, 0) is 12.1 Å². The maximum absolute atomic E-state index is 12.6. The summed E-state index contributed by atoms with van der Waals surface area (Å²) in [6.07, 6.45) is -1.10. The van der Waals surface area contributed by atoms with Crippen molar-refractivity contribution < 1.29 is 13.2 Å². The van der Waals surface area contributed by atoms with E-state index in [2.05, 4.69) is 20.5 Å². The van der Waals surface area contributed by atoms with Crippen LogP contribution in [-0.4, -0.2) is 26.6 Å². The van der Waals surface area contributed by atoms with E-state index in [4.69, 9.17) is 0 Å². The van der Waals surface area contributed by atoms with Gasteiger partial charge in [-0.1, -0.05) is 12.1 Å². The number of hydrogen-bond donors (Lipinski definition) is 1. The molecule has 3 rings (SSSR count). The second-order valence-electron chi connectivity index (χ2n) is 4.32. The first-order chi connectivity index (χ1) is 10.0. The lowest BCUT2D eigenvalue weighted by Gasteiger charge is -2.09. The summed E-state index contributed by atoms with van der Waals surface area (Å²) >= 11 is 0. The Morgan fingerprint density at radius 3 is 2.43 bits per heavy atom. The molecular weight excluding hydrogens is 283 g/mol. The number of nitrogens with zero attached hydrogens (tertiary/aromatic N) is 4. The smallest absolute Gasteiger partial charge is 0.369 e. The lowest BCUT2D eigenvalue weighted by atomic mass is 10.1. The molecule has 21 heavy (non-hydrogen) atoms. The highest BCUT2D eigenvalue weighted by Gasteiger charge is 2.30. The van der Waals surface area contributed by atoms with Gasteiger partial charge in [-0.15, -0.1) is 10.2 Å². The monoisotopic (exact) mass is 293 g/mol. The van der Waals surface area contributed by atoms with Gasteiger partial charge in [0.1, 0.15) is 0 Å². The number of aromatic nitrogens is 4. The molecule has 0 atom stereocenters. The van der Waals surface area contributed by atoms with Crippen molar-refractivity contribution in [2.75, 3.05) is 12.4 Å². The summed E-state index contributed by atoms with van der Waals surface area (Å²) in [5.41, 5.74) is 0.386. The van der Waals surface area contributed by atoms with E-state index >= 15 is 0 Å². The lowest BCUT2D eigenvalue weighted by Crippen LogP contribution is -2.06. The van der Waals surface area contributed by atoms with Crippen LogP contribution in [0.3, 0.4) is 0 Å². The zero-order valence-corrected chi connectivity index (χ0v) is 10.9. The molecule has 1 N–H and O–H groups in total. The third kappa shape index (κ3) is 2.28. The van der Waals surface area contributed by atoms with Crippen molar-refractivity contribution in [3.63, 3.8) is 0 Å². The van der Waals surface area contributed by atoms with Crippen LogP contribution >= 0.6 is 0 Å². The van der Waals surface area contributed by atoms with E-state index in [1.165, 1.54) is 12.1 Å². The van der Waals surface area contributed by atoms with E-state index in [9.17, 15) is 13.2 Å². The van der Waals surface area contributed by atoms with Gasteiger partial charge in [0.15, 0.2) is 17.3 Å². The zero-order chi connectivity index (χ0) is 15.0. The molecule has 0 saturated heterocycles. The van der Waals surface area contributed by atoms with Crippen LogP contribution in [0.5, 0.6) is 0 Å². The van der Waals surface area contributed by atoms with Crippen LogP contribution in [0.2, 0.25) is 0 Å². The number of hydrogen-bond acceptors (Lipinski definition) is 4. The fraction of sp³-hybridized carbons (Fsp3) is 0.154. The van der Waals surface area contributed by atoms with Gasteiger partial charge in [-0.25, -0.2) is 4.98 Å². The third-order valence-electron chi connectivity index (χ3n) is 3.03. The first-order valence-corrected chi connectivity index (χ1v) is 6.06. The van der Waals surface area contributed by atoms with Crippen molar-refractivity contribution in [3.8, 4) is 11.4 Å². The molecule has 0 aliphatic carbocycles. The number of imidazole rings is 1. The number of alkyl halides is 3. The largest absolute Gasteiger partial charge is 0.416 e. The summed E-state index contributed by atoms with van der Waals surface area (Å²) in [6.45, 7) is 0. The summed E-state index contributed by atoms with van der Waals surface area (Å²) in [4.78, 5) is 4.15. The fourth-order valence-electron chi connectivity index (χ4n) is 2.01.